The van der Waals surface area contributed by atoms with Gasteiger partial charge < -0.3 is 20.7 Å². The van der Waals surface area contributed by atoms with E-state index >= 15 is 0 Å². The highest BCUT2D eigenvalue weighted by Gasteiger charge is 2.33. The maximum absolute atomic E-state index is 13.1. The Morgan fingerprint density at radius 3 is 2.40 bits per heavy atom. The largest absolute Gasteiger partial charge is 0.441 e. The second-order valence-corrected chi connectivity index (χ2v) is 6.97. The van der Waals surface area contributed by atoms with Gasteiger partial charge in [0.25, 0.3) is 0 Å². The van der Waals surface area contributed by atoms with Crippen molar-refractivity contribution < 1.29 is 27.5 Å². The van der Waals surface area contributed by atoms with Gasteiger partial charge in [0.05, 0.1) is 18.0 Å². The lowest BCUT2D eigenvalue weighted by Crippen LogP contribution is -2.49. The fourth-order valence-corrected chi connectivity index (χ4v) is 3.51. The molecule has 0 bridgehead atoms. The van der Waals surface area contributed by atoms with Gasteiger partial charge in [-0.25, -0.2) is 4.79 Å². The number of primary amides is 1. The monoisotopic (exact) mass is 421 g/mol. The normalized spacial score (nSPS) is 18.0. The van der Waals surface area contributed by atoms with Crippen molar-refractivity contribution in [2.45, 2.75) is 24.7 Å². The molecule has 2 atom stereocenters. The molecule has 1 fully saturated rings. The molecule has 1 aliphatic rings. The van der Waals surface area contributed by atoms with Crippen molar-refractivity contribution in [2.24, 2.45) is 5.73 Å². The van der Waals surface area contributed by atoms with E-state index in [4.69, 9.17) is 10.5 Å². The van der Waals surface area contributed by atoms with Crippen LogP contribution in [-0.4, -0.2) is 36.5 Å². The van der Waals surface area contributed by atoms with Crippen LogP contribution in [0.4, 0.5) is 18.0 Å². The number of hydrogen-bond acceptors (Lipinski definition) is 4. The number of hydrogen-bond donors (Lipinski definition) is 2. The van der Waals surface area contributed by atoms with Gasteiger partial charge in [-0.2, -0.15) is 13.2 Å². The Morgan fingerprint density at radius 1 is 1.13 bits per heavy atom. The van der Waals surface area contributed by atoms with Gasteiger partial charge in [0.1, 0.15) is 6.10 Å². The third kappa shape index (κ3) is 5.29. The first kappa shape index (κ1) is 21.6. The van der Waals surface area contributed by atoms with Gasteiger partial charge in [0.2, 0.25) is 5.91 Å². The topological polar surface area (TPSA) is 84.7 Å². The molecular formula is C21H22F3N3O3. The van der Waals surface area contributed by atoms with Crippen LogP contribution in [0.2, 0.25) is 0 Å². The molecular weight excluding hydrogens is 399 g/mol. The number of piperazine rings is 1. The standard InChI is InChI=1S/C21H22F3N3O3/c22-21(23,24)16-8-6-14(7-9-16)17-13-26-10-11-27(17)19(28)12-18(30-20(25)29)15-4-2-1-3-5-15/h1-9,17-18,26H,10-13H2,(H2,25,29). The SMILES string of the molecule is NC(=O)OC(CC(=O)N1CCNCC1c1ccc(C(F)(F)F)cc1)c1ccccc1. The number of nitrogens with zero attached hydrogens (tertiary/aromatic N) is 1. The van der Waals surface area contributed by atoms with E-state index in [2.05, 4.69) is 5.32 Å². The molecule has 0 aliphatic carbocycles. The van der Waals surface area contributed by atoms with Gasteiger partial charge >= 0.3 is 12.3 Å². The molecule has 0 saturated carbocycles. The molecule has 0 radical (unpaired) electrons. The number of rotatable bonds is 5. The highest BCUT2D eigenvalue weighted by molar-refractivity contribution is 5.78. The second-order valence-electron chi connectivity index (χ2n) is 6.97. The van der Waals surface area contributed by atoms with Gasteiger partial charge in [-0.05, 0) is 23.3 Å². The number of nitrogens with one attached hydrogen (secondary N) is 1. The van der Waals surface area contributed by atoms with Crippen LogP contribution in [0.3, 0.4) is 0 Å². The van der Waals surface area contributed by atoms with Crippen LogP contribution in [0.25, 0.3) is 0 Å². The summed E-state index contributed by atoms with van der Waals surface area (Å²) in [5.74, 6) is -0.281. The fraction of sp³-hybridized carbons (Fsp3) is 0.333. The maximum atomic E-state index is 13.1. The molecule has 2 aromatic carbocycles. The average molecular weight is 421 g/mol. The van der Waals surface area contributed by atoms with Crippen molar-refractivity contribution in [3.8, 4) is 0 Å². The lowest BCUT2D eigenvalue weighted by molar-refractivity contribution is -0.138. The highest BCUT2D eigenvalue weighted by atomic mass is 19.4. The van der Waals surface area contributed by atoms with Gasteiger partial charge in [-0.15, -0.1) is 0 Å². The minimum atomic E-state index is -4.42. The van der Waals surface area contributed by atoms with Gasteiger partial charge in [0, 0.05) is 19.6 Å². The first-order valence-electron chi connectivity index (χ1n) is 9.44. The van der Waals surface area contributed by atoms with Crippen LogP contribution < -0.4 is 11.1 Å². The third-order valence-electron chi connectivity index (χ3n) is 4.98. The molecule has 160 valence electrons. The molecule has 2 unspecified atom stereocenters. The number of alkyl halides is 3. The minimum absolute atomic E-state index is 0.121. The minimum Gasteiger partial charge on any atom is -0.441 e. The molecule has 1 heterocycles. The van der Waals surface area contributed by atoms with Crippen molar-refractivity contribution >= 4 is 12.0 Å². The van der Waals surface area contributed by atoms with E-state index in [9.17, 15) is 22.8 Å². The molecule has 0 aromatic heterocycles. The average Bonchev–Trinajstić information content (AvgIpc) is 2.73. The Hall–Kier alpha value is -3.07. The van der Waals surface area contributed by atoms with E-state index in [1.54, 1.807) is 35.2 Å². The number of carbonyl (C=O) groups excluding carboxylic acids is 2. The smallest absolute Gasteiger partial charge is 0.416 e. The van der Waals surface area contributed by atoms with Crippen LogP contribution in [0.5, 0.6) is 0 Å². The Morgan fingerprint density at radius 2 is 1.80 bits per heavy atom. The predicted molar refractivity (Wildman–Crippen MR) is 103 cm³/mol. The Labute approximate surface area is 171 Å². The zero-order chi connectivity index (χ0) is 21.7. The maximum Gasteiger partial charge on any atom is 0.416 e. The zero-order valence-electron chi connectivity index (χ0n) is 16.1. The quantitative estimate of drug-likeness (QED) is 0.775. The first-order chi connectivity index (χ1) is 14.3. The molecule has 30 heavy (non-hydrogen) atoms. The second kappa shape index (κ2) is 9.17. The van der Waals surface area contributed by atoms with E-state index in [0.29, 0.717) is 30.8 Å². The summed E-state index contributed by atoms with van der Waals surface area (Å²) >= 11 is 0. The molecule has 9 heteroatoms. The van der Waals surface area contributed by atoms with Crippen molar-refractivity contribution in [2.75, 3.05) is 19.6 Å². The lowest BCUT2D eigenvalue weighted by Gasteiger charge is -2.37. The van der Waals surface area contributed by atoms with Crippen LogP contribution in [-0.2, 0) is 15.7 Å². The summed E-state index contributed by atoms with van der Waals surface area (Å²) in [6.45, 7) is 1.34. The highest BCUT2D eigenvalue weighted by Crippen LogP contribution is 2.32. The van der Waals surface area contributed by atoms with Crippen molar-refractivity contribution in [1.29, 1.82) is 0 Å². The van der Waals surface area contributed by atoms with Crippen molar-refractivity contribution in [3.05, 3.63) is 71.3 Å². The number of ether oxygens (including phenoxy) is 1. The number of halogens is 3. The summed E-state index contributed by atoms with van der Waals surface area (Å²) in [5, 5.41) is 3.16. The summed E-state index contributed by atoms with van der Waals surface area (Å²) in [7, 11) is 0. The summed E-state index contributed by atoms with van der Waals surface area (Å²) in [5.41, 5.74) is 5.64. The van der Waals surface area contributed by atoms with Crippen LogP contribution in [0.1, 0.15) is 35.3 Å². The third-order valence-corrected chi connectivity index (χ3v) is 4.98. The summed E-state index contributed by atoms with van der Waals surface area (Å²) in [4.78, 5) is 26.0. The number of amides is 2. The van der Waals surface area contributed by atoms with E-state index in [1.165, 1.54) is 12.1 Å². The van der Waals surface area contributed by atoms with Gasteiger partial charge in [0.15, 0.2) is 0 Å². The number of carbonyl (C=O) groups is 2. The Balaban J connectivity index is 1.79. The summed E-state index contributed by atoms with van der Waals surface area (Å²) in [6.07, 6.45) is -6.38. The molecule has 3 N–H and O–H groups in total. The van der Waals surface area contributed by atoms with Crippen molar-refractivity contribution in [3.63, 3.8) is 0 Å². The summed E-state index contributed by atoms with van der Waals surface area (Å²) < 4.78 is 43.7. The van der Waals surface area contributed by atoms with E-state index in [1.807, 2.05) is 0 Å². The van der Waals surface area contributed by atoms with E-state index in [-0.39, 0.29) is 12.3 Å². The number of nitrogens with two attached hydrogens (primary N) is 1. The van der Waals surface area contributed by atoms with Crippen molar-refractivity contribution in [1.82, 2.24) is 10.2 Å². The Bertz CT molecular complexity index is 873. The molecule has 1 saturated heterocycles. The summed E-state index contributed by atoms with van der Waals surface area (Å²) in [6, 6.07) is 13.1. The van der Waals surface area contributed by atoms with Crippen LogP contribution in [0.15, 0.2) is 54.6 Å². The van der Waals surface area contributed by atoms with Gasteiger partial charge in [-0.1, -0.05) is 42.5 Å². The molecule has 0 spiro atoms. The molecule has 1 aliphatic heterocycles. The van der Waals surface area contributed by atoms with Crippen LogP contribution >= 0.6 is 0 Å². The molecule has 3 rings (SSSR count). The predicted octanol–water partition coefficient (Wildman–Crippen LogP) is 3.41. The molecule has 2 amide bonds. The molecule has 6 nitrogen and oxygen atoms in total. The molecule has 2 aromatic rings. The lowest BCUT2D eigenvalue weighted by atomic mass is 9.99. The first-order valence-corrected chi connectivity index (χ1v) is 9.44. The number of benzene rings is 2. The van der Waals surface area contributed by atoms with Crippen LogP contribution in [0, 0.1) is 0 Å². The Kier molecular flexibility index (Phi) is 6.61. The van der Waals surface area contributed by atoms with Gasteiger partial charge in [-0.3, -0.25) is 4.79 Å². The van der Waals surface area contributed by atoms with E-state index in [0.717, 1.165) is 12.1 Å². The zero-order valence-corrected chi connectivity index (χ0v) is 16.1. The fourth-order valence-electron chi connectivity index (χ4n) is 3.51. The van der Waals surface area contributed by atoms with E-state index < -0.39 is 30.0 Å².